The number of hydrogen-bond acceptors (Lipinski definition) is 5. The number of aryl methyl sites for hydroxylation is 1. The van der Waals surface area contributed by atoms with Crippen LogP contribution in [0.1, 0.15) is 57.0 Å². The first kappa shape index (κ1) is 31.2. The molecule has 0 saturated heterocycles. The Balaban J connectivity index is 1.45. The summed E-state index contributed by atoms with van der Waals surface area (Å²) in [5.74, 6) is -0.521. The third-order valence-electron chi connectivity index (χ3n) is 7.98. The number of aromatic nitrogens is 3. The smallest absolute Gasteiger partial charge is 0.274 e. The number of para-hydroxylation sites is 1. The van der Waals surface area contributed by atoms with Crippen LogP contribution in [0.25, 0.3) is 16.8 Å². The van der Waals surface area contributed by atoms with Gasteiger partial charge in [-0.15, -0.1) is 5.10 Å². The van der Waals surface area contributed by atoms with Crippen molar-refractivity contribution in [3.05, 3.63) is 100 Å². The molecule has 1 saturated carbocycles. The summed E-state index contributed by atoms with van der Waals surface area (Å²) in [5, 5.41) is 4.31. The van der Waals surface area contributed by atoms with Crippen LogP contribution in [0.3, 0.4) is 0 Å². The molecule has 8 nitrogen and oxygen atoms in total. The highest BCUT2D eigenvalue weighted by molar-refractivity contribution is 7.90. The summed E-state index contributed by atoms with van der Waals surface area (Å²) in [6.45, 7) is 5.84. The maximum Gasteiger partial charge on any atom is 0.418 e. The summed E-state index contributed by atoms with van der Waals surface area (Å²) >= 11 is 0. The van der Waals surface area contributed by atoms with Gasteiger partial charge in [-0.25, -0.2) is 17.9 Å². The summed E-state index contributed by atoms with van der Waals surface area (Å²) < 4.78 is 72.0. The van der Waals surface area contributed by atoms with E-state index < -0.39 is 33.4 Å². The highest BCUT2D eigenvalue weighted by Gasteiger charge is 2.51. The first-order valence-corrected chi connectivity index (χ1v) is 15.8. The molecule has 0 bridgehead atoms. The van der Waals surface area contributed by atoms with Gasteiger partial charge in [-0.3, -0.25) is 9.36 Å². The number of rotatable bonds is 10. The molecule has 1 aromatic heterocycles. The van der Waals surface area contributed by atoms with E-state index >= 15 is 0 Å². The third-order valence-corrected chi connectivity index (χ3v) is 9.38. The van der Waals surface area contributed by atoms with Crippen molar-refractivity contribution in [2.24, 2.45) is 11.3 Å². The number of carbonyl (C=O) groups is 1. The zero-order chi connectivity index (χ0) is 31.9. The molecule has 1 unspecified atom stereocenters. The quantitative estimate of drug-likeness (QED) is 0.234. The Bertz CT molecular complexity index is 1860. The average molecular weight is 627 g/mol. The number of hydrogen-bond donors (Lipinski definition) is 1. The molecule has 1 amide bonds. The third kappa shape index (κ3) is 6.35. The van der Waals surface area contributed by atoms with Gasteiger partial charge in [0.05, 0.1) is 22.7 Å². The lowest BCUT2D eigenvalue weighted by molar-refractivity contribution is -0.137. The number of halogens is 3. The van der Waals surface area contributed by atoms with Crippen molar-refractivity contribution in [1.82, 2.24) is 19.1 Å². The molecule has 0 spiro atoms. The van der Waals surface area contributed by atoms with E-state index in [1.807, 2.05) is 20.8 Å². The van der Waals surface area contributed by atoms with Crippen LogP contribution in [0.2, 0.25) is 0 Å². The van der Waals surface area contributed by atoms with E-state index in [1.165, 1.54) is 28.8 Å². The number of nitrogens with one attached hydrogen (secondary N) is 1. The fraction of sp³-hybridized carbons (Fsp3) is 0.344. The van der Waals surface area contributed by atoms with Crippen molar-refractivity contribution in [3.8, 4) is 16.8 Å². The van der Waals surface area contributed by atoms with Crippen LogP contribution in [0, 0.1) is 11.3 Å². The molecule has 44 heavy (non-hydrogen) atoms. The fourth-order valence-corrected chi connectivity index (χ4v) is 6.51. The summed E-state index contributed by atoms with van der Waals surface area (Å²) in [5.41, 5.74) is -0.583. The van der Waals surface area contributed by atoms with Crippen molar-refractivity contribution in [3.63, 3.8) is 0 Å². The molecule has 5 rings (SSSR count). The molecule has 0 aliphatic heterocycles. The molecular weight excluding hydrogens is 593 g/mol. The molecule has 1 heterocycles. The van der Waals surface area contributed by atoms with E-state index in [2.05, 4.69) is 9.82 Å². The summed E-state index contributed by atoms with van der Waals surface area (Å²) in [6, 6.07) is 18.0. The minimum Gasteiger partial charge on any atom is -0.274 e. The predicted molar refractivity (Wildman–Crippen MR) is 160 cm³/mol. The molecule has 4 aromatic rings. The minimum absolute atomic E-state index is 0.0396. The Kier molecular flexibility index (Phi) is 8.32. The van der Waals surface area contributed by atoms with Crippen LogP contribution >= 0.6 is 0 Å². The zero-order valence-corrected chi connectivity index (χ0v) is 25.4. The van der Waals surface area contributed by atoms with Crippen molar-refractivity contribution in [2.45, 2.75) is 64.1 Å². The largest absolute Gasteiger partial charge is 0.418 e. The highest BCUT2D eigenvalue weighted by atomic mass is 32.2. The molecule has 3 aromatic carbocycles. The van der Waals surface area contributed by atoms with Crippen LogP contribution in [0.5, 0.6) is 0 Å². The average Bonchev–Trinajstić information content (AvgIpc) is 3.53. The number of carbonyl (C=O) groups excluding carboxylic acids is 1. The zero-order valence-electron chi connectivity index (χ0n) is 24.6. The van der Waals surface area contributed by atoms with Crippen LogP contribution < -0.4 is 10.4 Å². The molecule has 1 N–H and O–H groups in total. The van der Waals surface area contributed by atoms with E-state index in [9.17, 15) is 31.2 Å². The monoisotopic (exact) mass is 626 g/mol. The van der Waals surface area contributed by atoms with E-state index in [-0.39, 0.29) is 28.5 Å². The first-order valence-electron chi connectivity index (χ1n) is 14.3. The Morgan fingerprint density at radius 1 is 1.02 bits per heavy atom. The van der Waals surface area contributed by atoms with Gasteiger partial charge in [0.25, 0.3) is 10.0 Å². The second-order valence-electron chi connectivity index (χ2n) is 11.7. The van der Waals surface area contributed by atoms with Gasteiger partial charge in [0.2, 0.25) is 5.91 Å². The minimum atomic E-state index is -4.67. The van der Waals surface area contributed by atoms with Crippen molar-refractivity contribution >= 4 is 15.9 Å². The molecule has 12 heteroatoms. The predicted octanol–water partition coefficient (Wildman–Crippen LogP) is 5.96. The standard InChI is InChI=1S/C32H33F3N4O4S/c1-4-5-14-28-36-39(26-12-8-7-11-24(26)32(33,34)35)30(41)38(28)20-21-15-17-22(18-16-21)23-10-6-9-13-27(23)44(42,43)37-29(40)25-19-31(25,2)3/h6-13,15-18,25H,4-5,14,19-20H2,1-3H3,(H,37,40). The second-order valence-corrected chi connectivity index (χ2v) is 13.4. The molecule has 1 fully saturated rings. The van der Waals surface area contributed by atoms with E-state index in [0.717, 1.165) is 17.2 Å². The van der Waals surface area contributed by atoms with Gasteiger partial charge < -0.3 is 0 Å². The van der Waals surface area contributed by atoms with Gasteiger partial charge in [-0.1, -0.05) is 81.8 Å². The Hall–Kier alpha value is -4.19. The van der Waals surface area contributed by atoms with Crippen LogP contribution in [-0.4, -0.2) is 28.7 Å². The van der Waals surface area contributed by atoms with Gasteiger partial charge in [0.15, 0.2) is 0 Å². The van der Waals surface area contributed by atoms with Crippen molar-refractivity contribution in [1.29, 1.82) is 0 Å². The number of benzene rings is 3. The van der Waals surface area contributed by atoms with Crippen molar-refractivity contribution in [2.75, 3.05) is 0 Å². The summed E-state index contributed by atoms with van der Waals surface area (Å²) in [4.78, 5) is 26.0. The van der Waals surface area contributed by atoms with E-state index in [1.54, 1.807) is 42.5 Å². The SMILES string of the molecule is CCCCc1nn(-c2ccccc2C(F)(F)F)c(=O)n1Cc1ccc(-c2ccccc2S(=O)(=O)NC(=O)C2CC2(C)C)cc1. The fourth-order valence-electron chi connectivity index (χ4n) is 5.26. The van der Waals surface area contributed by atoms with Gasteiger partial charge in [0.1, 0.15) is 5.82 Å². The maximum atomic E-state index is 13.7. The number of sulfonamides is 1. The molecule has 1 atom stereocenters. The van der Waals surface area contributed by atoms with Crippen LogP contribution in [0.15, 0.2) is 82.5 Å². The lowest BCUT2D eigenvalue weighted by Gasteiger charge is -2.13. The molecule has 0 radical (unpaired) electrons. The van der Waals surface area contributed by atoms with Gasteiger partial charge in [-0.2, -0.15) is 17.9 Å². The maximum absolute atomic E-state index is 13.7. The number of unbranched alkanes of at least 4 members (excludes halogenated alkanes) is 1. The molecule has 1 aliphatic rings. The highest BCUT2D eigenvalue weighted by Crippen LogP contribution is 2.51. The van der Waals surface area contributed by atoms with Crippen LogP contribution in [-0.2, 0) is 34.0 Å². The molecule has 1 aliphatic carbocycles. The van der Waals surface area contributed by atoms with Gasteiger partial charge in [0, 0.05) is 17.9 Å². The Labute approximate surface area is 253 Å². The van der Waals surface area contributed by atoms with Crippen molar-refractivity contribution < 1.29 is 26.4 Å². The van der Waals surface area contributed by atoms with Gasteiger partial charge in [-0.05, 0) is 47.6 Å². The lowest BCUT2D eigenvalue weighted by Crippen LogP contribution is -2.33. The number of amides is 1. The molecular formula is C32H33F3N4O4S. The normalized spacial score (nSPS) is 16.1. The molecule has 232 valence electrons. The van der Waals surface area contributed by atoms with E-state index in [4.69, 9.17) is 0 Å². The van der Waals surface area contributed by atoms with Gasteiger partial charge >= 0.3 is 11.9 Å². The number of nitrogens with zero attached hydrogens (tertiary/aromatic N) is 3. The Morgan fingerprint density at radius 2 is 1.66 bits per heavy atom. The topological polar surface area (TPSA) is 103 Å². The Morgan fingerprint density at radius 3 is 2.30 bits per heavy atom. The second kappa shape index (κ2) is 11.7. The number of alkyl halides is 3. The van der Waals surface area contributed by atoms with Crippen LogP contribution in [0.4, 0.5) is 13.2 Å². The summed E-state index contributed by atoms with van der Waals surface area (Å²) in [6.07, 6.45) is -2.15. The lowest BCUT2D eigenvalue weighted by atomic mass is 10.0. The summed E-state index contributed by atoms with van der Waals surface area (Å²) in [7, 11) is -4.15. The van der Waals surface area contributed by atoms with E-state index in [0.29, 0.717) is 41.8 Å². The first-order chi connectivity index (χ1) is 20.7.